The van der Waals surface area contributed by atoms with Gasteiger partial charge in [0.15, 0.2) is 0 Å². The highest BCUT2D eigenvalue weighted by molar-refractivity contribution is 7.99. The first-order valence-corrected chi connectivity index (χ1v) is 5.51. The lowest BCUT2D eigenvalue weighted by molar-refractivity contribution is -0.142. The van der Waals surface area contributed by atoms with E-state index in [1.807, 2.05) is 0 Å². The molecule has 2 N–H and O–H groups in total. The summed E-state index contributed by atoms with van der Waals surface area (Å²) < 4.78 is 4.74. The minimum absolute atomic E-state index is 0.263. The van der Waals surface area contributed by atoms with Gasteiger partial charge >= 0.3 is 5.97 Å². The Morgan fingerprint density at radius 3 is 2.64 bits per heavy atom. The fraction of sp³-hybridized carbons (Fsp3) is 0.750. The Morgan fingerprint density at radius 1 is 1.57 bits per heavy atom. The SMILES string of the molecule is COCCC(NC(=O)CSC)C(=O)O. The third-order valence-corrected chi connectivity index (χ3v) is 2.07. The molecule has 0 aliphatic heterocycles. The predicted octanol–water partition coefficient (Wildman–Crippen LogP) is -0.0447. The van der Waals surface area contributed by atoms with Crippen molar-refractivity contribution < 1.29 is 19.4 Å². The van der Waals surface area contributed by atoms with E-state index in [2.05, 4.69) is 5.32 Å². The van der Waals surface area contributed by atoms with Gasteiger partial charge in [-0.3, -0.25) is 4.79 Å². The lowest BCUT2D eigenvalue weighted by Crippen LogP contribution is -2.42. The molecule has 1 atom stereocenters. The average molecular weight is 221 g/mol. The van der Waals surface area contributed by atoms with Crippen molar-refractivity contribution in [2.75, 3.05) is 25.7 Å². The molecule has 0 rings (SSSR count). The van der Waals surface area contributed by atoms with Gasteiger partial charge < -0.3 is 15.2 Å². The summed E-state index contributed by atoms with van der Waals surface area (Å²) >= 11 is 1.35. The Kier molecular flexibility index (Phi) is 7.23. The number of hydrogen-bond donors (Lipinski definition) is 2. The van der Waals surface area contributed by atoms with E-state index in [1.54, 1.807) is 6.26 Å². The van der Waals surface area contributed by atoms with Crippen LogP contribution >= 0.6 is 11.8 Å². The predicted molar refractivity (Wildman–Crippen MR) is 54.4 cm³/mol. The number of nitrogens with one attached hydrogen (secondary N) is 1. The van der Waals surface area contributed by atoms with Crippen molar-refractivity contribution in [1.29, 1.82) is 0 Å². The van der Waals surface area contributed by atoms with Crippen LogP contribution in [-0.2, 0) is 14.3 Å². The Labute approximate surface area is 87.2 Å². The largest absolute Gasteiger partial charge is 0.480 e. The van der Waals surface area contributed by atoms with E-state index in [1.165, 1.54) is 18.9 Å². The van der Waals surface area contributed by atoms with Crippen molar-refractivity contribution in [3.63, 3.8) is 0 Å². The molecule has 0 radical (unpaired) electrons. The zero-order valence-corrected chi connectivity index (χ0v) is 9.10. The van der Waals surface area contributed by atoms with E-state index in [-0.39, 0.29) is 18.1 Å². The van der Waals surface area contributed by atoms with E-state index >= 15 is 0 Å². The van der Waals surface area contributed by atoms with Crippen LogP contribution in [0.5, 0.6) is 0 Å². The smallest absolute Gasteiger partial charge is 0.326 e. The van der Waals surface area contributed by atoms with Crippen LogP contribution in [0.1, 0.15) is 6.42 Å². The van der Waals surface area contributed by atoms with Crippen molar-refractivity contribution in [2.45, 2.75) is 12.5 Å². The van der Waals surface area contributed by atoms with Gasteiger partial charge in [-0.15, -0.1) is 0 Å². The van der Waals surface area contributed by atoms with Crippen molar-refractivity contribution in [1.82, 2.24) is 5.32 Å². The number of thioether (sulfide) groups is 1. The topological polar surface area (TPSA) is 75.6 Å². The molecule has 0 aromatic heterocycles. The minimum atomic E-state index is -1.03. The lowest BCUT2D eigenvalue weighted by Gasteiger charge is -2.13. The first-order chi connectivity index (χ1) is 6.61. The molecule has 14 heavy (non-hydrogen) atoms. The van der Waals surface area contributed by atoms with Gasteiger partial charge in [0.2, 0.25) is 5.91 Å². The number of carboxylic acid groups (broad SMARTS) is 1. The number of amides is 1. The van der Waals surface area contributed by atoms with E-state index < -0.39 is 12.0 Å². The van der Waals surface area contributed by atoms with E-state index in [0.29, 0.717) is 6.61 Å². The van der Waals surface area contributed by atoms with Gasteiger partial charge in [-0.05, 0) is 6.26 Å². The van der Waals surface area contributed by atoms with E-state index in [9.17, 15) is 9.59 Å². The first-order valence-electron chi connectivity index (χ1n) is 4.11. The van der Waals surface area contributed by atoms with Crippen LogP contribution in [-0.4, -0.2) is 48.8 Å². The van der Waals surface area contributed by atoms with Gasteiger partial charge in [0.05, 0.1) is 5.75 Å². The maximum Gasteiger partial charge on any atom is 0.326 e. The Morgan fingerprint density at radius 2 is 2.21 bits per heavy atom. The Balaban J connectivity index is 3.95. The zero-order chi connectivity index (χ0) is 11.0. The van der Waals surface area contributed by atoms with Crippen LogP contribution in [0.25, 0.3) is 0 Å². The monoisotopic (exact) mass is 221 g/mol. The summed E-state index contributed by atoms with van der Waals surface area (Å²) in [4.78, 5) is 21.8. The molecule has 0 aromatic rings. The molecular weight excluding hydrogens is 206 g/mol. The quantitative estimate of drug-likeness (QED) is 0.630. The highest BCUT2D eigenvalue weighted by Crippen LogP contribution is 1.96. The van der Waals surface area contributed by atoms with Gasteiger partial charge in [-0.1, -0.05) is 0 Å². The number of methoxy groups -OCH3 is 1. The lowest BCUT2D eigenvalue weighted by atomic mass is 10.2. The summed E-state index contributed by atoms with van der Waals surface area (Å²) in [6.45, 7) is 0.316. The van der Waals surface area contributed by atoms with Crippen molar-refractivity contribution in [2.24, 2.45) is 0 Å². The van der Waals surface area contributed by atoms with Crippen LogP contribution < -0.4 is 5.32 Å². The third kappa shape index (κ3) is 5.82. The summed E-state index contributed by atoms with van der Waals surface area (Å²) in [5.74, 6) is -1.02. The molecule has 0 aliphatic carbocycles. The molecule has 0 aromatic carbocycles. The number of carbonyl (C=O) groups is 2. The molecule has 5 nitrogen and oxygen atoms in total. The number of rotatable bonds is 7. The van der Waals surface area contributed by atoms with Gasteiger partial charge in [-0.2, -0.15) is 11.8 Å². The van der Waals surface area contributed by atoms with Gasteiger partial charge in [0, 0.05) is 20.1 Å². The summed E-state index contributed by atoms with van der Waals surface area (Å²) in [5, 5.41) is 11.2. The first kappa shape index (κ1) is 13.2. The number of carbonyl (C=O) groups excluding carboxylic acids is 1. The van der Waals surface area contributed by atoms with Gasteiger partial charge in [0.25, 0.3) is 0 Å². The van der Waals surface area contributed by atoms with E-state index in [4.69, 9.17) is 9.84 Å². The third-order valence-electron chi connectivity index (χ3n) is 1.52. The molecule has 82 valence electrons. The molecule has 0 saturated carbocycles. The fourth-order valence-electron chi connectivity index (χ4n) is 0.860. The molecular formula is C8H15NO4S. The van der Waals surface area contributed by atoms with Crippen LogP contribution in [0.15, 0.2) is 0 Å². The summed E-state index contributed by atoms with van der Waals surface area (Å²) in [6, 6.07) is -0.852. The maximum absolute atomic E-state index is 11.1. The summed E-state index contributed by atoms with van der Waals surface area (Å²) in [5.41, 5.74) is 0. The second-order valence-corrected chi connectivity index (χ2v) is 3.54. The molecule has 0 bridgehead atoms. The molecule has 0 fully saturated rings. The number of ether oxygens (including phenoxy) is 1. The van der Waals surface area contributed by atoms with Crippen molar-refractivity contribution >= 4 is 23.6 Å². The van der Waals surface area contributed by atoms with Gasteiger partial charge in [0.1, 0.15) is 6.04 Å². The van der Waals surface area contributed by atoms with Crippen molar-refractivity contribution in [3.8, 4) is 0 Å². The summed E-state index contributed by atoms with van der Waals surface area (Å²) in [7, 11) is 1.49. The number of hydrogen-bond acceptors (Lipinski definition) is 4. The maximum atomic E-state index is 11.1. The molecule has 1 unspecified atom stereocenters. The van der Waals surface area contributed by atoms with Crippen LogP contribution in [0, 0.1) is 0 Å². The van der Waals surface area contributed by atoms with E-state index in [0.717, 1.165) is 0 Å². The van der Waals surface area contributed by atoms with Gasteiger partial charge in [-0.25, -0.2) is 4.79 Å². The summed E-state index contributed by atoms with van der Waals surface area (Å²) in [6.07, 6.45) is 2.07. The fourth-order valence-corrected chi connectivity index (χ4v) is 1.21. The Bertz CT molecular complexity index is 198. The highest BCUT2D eigenvalue weighted by Gasteiger charge is 2.18. The molecule has 0 heterocycles. The standard InChI is InChI=1S/C8H15NO4S/c1-13-4-3-6(8(11)12)9-7(10)5-14-2/h6H,3-5H2,1-2H3,(H,9,10)(H,11,12). The van der Waals surface area contributed by atoms with Crippen molar-refractivity contribution in [3.05, 3.63) is 0 Å². The Hall–Kier alpha value is -0.750. The second-order valence-electron chi connectivity index (χ2n) is 2.67. The average Bonchev–Trinajstić information content (AvgIpc) is 2.12. The molecule has 0 spiro atoms. The van der Waals surface area contributed by atoms with Crippen LogP contribution in [0.4, 0.5) is 0 Å². The van der Waals surface area contributed by atoms with Crippen LogP contribution in [0.3, 0.4) is 0 Å². The molecule has 1 amide bonds. The minimum Gasteiger partial charge on any atom is -0.480 e. The molecule has 0 aliphatic rings. The molecule has 6 heteroatoms. The van der Waals surface area contributed by atoms with Crippen LogP contribution in [0.2, 0.25) is 0 Å². The molecule has 0 saturated heterocycles. The highest BCUT2D eigenvalue weighted by atomic mass is 32.2. The second kappa shape index (κ2) is 7.64. The zero-order valence-electron chi connectivity index (χ0n) is 8.28. The number of aliphatic carboxylic acids is 1. The normalized spacial score (nSPS) is 12.1. The number of carboxylic acids is 1.